The van der Waals surface area contributed by atoms with Crippen molar-refractivity contribution in [3.05, 3.63) is 12.7 Å². The molecule has 0 spiro atoms. The Bertz CT molecular complexity index is 285. The highest BCUT2D eigenvalue weighted by molar-refractivity contribution is 5.06. The molecule has 2 saturated heterocycles. The van der Waals surface area contributed by atoms with Crippen LogP contribution in [0.2, 0.25) is 0 Å². The minimum Gasteiger partial charge on any atom is -0.282 e. The molecule has 0 saturated carbocycles. The van der Waals surface area contributed by atoms with Crippen LogP contribution >= 0.6 is 0 Å². The first-order chi connectivity index (χ1) is 10.8. The monoisotopic (exact) mass is 306 g/mol. The minimum absolute atomic E-state index is 0.177. The van der Waals surface area contributed by atoms with Gasteiger partial charge in [0, 0.05) is 26.2 Å². The molecule has 2 fully saturated rings. The largest absolute Gasteiger partial charge is 0.282 e. The van der Waals surface area contributed by atoms with Crippen molar-refractivity contribution in [2.24, 2.45) is 0 Å². The predicted octanol–water partition coefficient (Wildman–Crippen LogP) is 5.20. The third-order valence-corrected chi connectivity index (χ3v) is 5.78. The summed E-state index contributed by atoms with van der Waals surface area (Å²) in [6.45, 7) is 11.7. The Hall–Kier alpha value is -0.340. The van der Waals surface area contributed by atoms with Crippen molar-refractivity contribution >= 4 is 0 Å². The van der Waals surface area contributed by atoms with E-state index in [0.29, 0.717) is 0 Å². The van der Waals surface area contributed by atoms with E-state index < -0.39 is 0 Å². The molecule has 2 rings (SSSR count). The molecule has 0 aromatic carbocycles. The topological polar surface area (TPSA) is 6.48 Å². The molecule has 0 bridgehead atoms. The second-order valence-corrected chi connectivity index (χ2v) is 7.34. The third kappa shape index (κ3) is 4.58. The van der Waals surface area contributed by atoms with Crippen LogP contribution in [0, 0.1) is 0 Å². The normalized spacial score (nSPS) is 20.8. The fourth-order valence-electron chi connectivity index (χ4n) is 4.43. The van der Waals surface area contributed by atoms with Crippen molar-refractivity contribution < 1.29 is 0 Å². The molecule has 2 heterocycles. The smallest absolute Gasteiger partial charge is 0.0926 e. The van der Waals surface area contributed by atoms with Gasteiger partial charge < -0.3 is 0 Å². The Kier molecular flexibility index (Phi) is 7.96. The van der Waals surface area contributed by atoms with Crippen molar-refractivity contribution in [1.29, 1.82) is 0 Å². The molecule has 0 atom stereocenters. The summed E-state index contributed by atoms with van der Waals surface area (Å²) in [5, 5.41) is 0. The fourth-order valence-corrected chi connectivity index (χ4v) is 4.43. The van der Waals surface area contributed by atoms with Crippen LogP contribution in [-0.4, -0.2) is 41.6 Å². The first kappa shape index (κ1) is 18.0. The Morgan fingerprint density at radius 1 is 0.773 bits per heavy atom. The second kappa shape index (κ2) is 9.72. The minimum atomic E-state index is 0.177. The van der Waals surface area contributed by atoms with Crippen molar-refractivity contribution in [2.45, 2.75) is 89.6 Å². The van der Waals surface area contributed by atoms with E-state index in [-0.39, 0.29) is 5.66 Å². The van der Waals surface area contributed by atoms with Crippen LogP contribution in [0.1, 0.15) is 84.0 Å². The van der Waals surface area contributed by atoms with Gasteiger partial charge in [-0.3, -0.25) is 9.80 Å². The van der Waals surface area contributed by atoms with Crippen LogP contribution in [0.25, 0.3) is 0 Å². The zero-order valence-electron chi connectivity index (χ0n) is 15.0. The number of hydrogen-bond donors (Lipinski definition) is 0. The summed E-state index contributed by atoms with van der Waals surface area (Å²) >= 11 is 0. The molecule has 2 nitrogen and oxygen atoms in total. The van der Waals surface area contributed by atoms with Gasteiger partial charge in [-0.25, -0.2) is 0 Å². The Labute approximate surface area is 138 Å². The van der Waals surface area contributed by atoms with Crippen molar-refractivity contribution in [1.82, 2.24) is 9.80 Å². The van der Waals surface area contributed by atoms with E-state index in [4.69, 9.17) is 0 Å². The zero-order chi connectivity index (χ0) is 15.7. The van der Waals surface area contributed by atoms with Crippen LogP contribution in [0.4, 0.5) is 0 Å². The first-order valence-electron chi connectivity index (χ1n) is 9.97. The Balaban J connectivity index is 1.83. The van der Waals surface area contributed by atoms with Crippen molar-refractivity contribution in [2.75, 3.05) is 26.2 Å². The van der Waals surface area contributed by atoms with Crippen molar-refractivity contribution in [3.8, 4) is 0 Å². The van der Waals surface area contributed by atoms with Crippen LogP contribution < -0.4 is 0 Å². The van der Waals surface area contributed by atoms with Crippen LogP contribution in [0.3, 0.4) is 0 Å². The molecule has 128 valence electrons. The quantitative estimate of drug-likeness (QED) is 0.382. The average Bonchev–Trinajstić information content (AvgIpc) is 3.24. The van der Waals surface area contributed by atoms with Gasteiger partial charge in [-0.2, -0.15) is 0 Å². The summed E-state index contributed by atoms with van der Waals surface area (Å²) in [7, 11) is 0. The molecule has 0 aliphatic carbocycles. The van der Waals surface area contributed by atoms with Gasteiger partial charge >= 0.3 is 0 Å². The predicted molar refractivity (Wildman–Crippen MR) is 97.2 cm³/mol. The molecule has 0 N–H and O–H groups in total. The molecular formula is C20H38N2. The molecule has 2 aliphatic rings. The zero-order valence-corrected chi connectivity index (χ0v) is 15.0. The number of unbranched alkanes of at least 4 members (excludes halogenated alkanes) is 6. The van der Waals surface area contributed by atoms with Gasteiger partial charge in [-0.05, 0) is 38.5 Å². The fraction of sp³-hybridized carbons (Fsp3) is 0.900. The highest BCUT2D eigenvalue weighted by Crippen LogP contribution is 2.34. The Morgan fingerprint density at radius 3 is 1.68 bits per heavy atom. The first-order valence-corrected chi connectivity index (χ1v) is 9.97. The lowest BCUT2D eigenvalue weighted by molar-refractivity contribution is -0.000991. The SMILES string of the molecule is C=CC(CCCCCCCCC)(N1CCCC1)N1CCCC1. The van der Waals surface area contributed by atoms with Gasteiger partial charge in [0.05, 0.1) is 5.66 Å². The van der Waals surface area contributed by atoms with E-state index in [2.05, 4.69) is 29.4 Å². The highest BCUT2D eigenvalue weighted by atomic mass is 15.4. The van der Waals surface area contributed by atoms with Crippen molar-refractivity contribution in [3.63, 3.8) is 0 Å². The van der Waals surface area contributed by atoms with Gasteiger partial charge in [0.15, 0.2) is 0 Å². The van der Waals surface area contributed by atoms with E-state index in [9.17, 15) is 0 Å². The molecule has 0 aromatic rings. The maximum Gasteiger partial charge on any atom is 0.0926 e. The number of likely N-dealkylation sites (tertiary alicyclic amines) is 2. The summed E-state index contributed by atoms with van der Waals surface area (Å²) in [4.78, 5) is 5.48. The molecule has 0 unspecified atom stereocenters. The molecule has 0 amide bonds. The molecular weight excluding hydrogens is 268 g/mol. The van der Waals surface area contributed by atoms with Crippen LogP contribution in [0.15, 0.2) is 12.7 Å². The summed E-state index contributed by atoms with van der Waals surface area (Å²) in [5.41, 5.74) is 0.177. The molecule has 0 radical (unpaired) electrons. The highest BCUT2D eigenvalue weighted by Gasteiger charge is 2.41. The maximum atomic E-state index is 4.28. The lowest BCUT2D eigenvalue weighted by atomic mass is 9.96. The van der Waals surface area contributed by atoms with Gasteiger partial charge in [0.1, 0.15) is 0 Å². The van der Waals surface area contributed by atoms with E-state index >= 15 is 0 Å². The second-order valence-electron chi connectivity index (χ2n) is 7.34. The van der Waals surface area contributed by atoms with Gasteiger partial charge in [0.2, 0.25) is 0 Å². The van der Waals surface area contributed by atoms with Crippen LogP contribution in [0.5, 0.6) is 0 Å². The molecule has 22 heavy (non-hydrogen) atoms. The summed E-state index contributed by atoms with van der Waals surface area (Å²) in [5.74, 6) is 0. The summed E-state index contributed by atoms with van der Waals surface area (Å²) in [6.07, 6.45) is 18.9. The maximum absolute atomic E-state index is 4.28. The average molecular weight is 307 g/mol. The standard InChI is InChI=1S/C20H38N2/c1-3-5-6-7-8-9-10-15-20(4-2,21-16-11-12-17-21)22-18-13-14-19-22/h4H,2-3,5-19H2,1H3. The van der Waals surface area contributed by atoms with Gasteiger partial charge in [0.25, 0.3) is 0 Å². The van der Waals surface area contributed by atoms with Gasteiger partial charge in [-0.1, -0.05) is 58.1 Å². The molecule has 0 aromatic heterocycles. The number of rotatable bonds is 11. The number of hydrogen-bond acceptors (Lipinski definition) is 2. The van der Waals surface area contributed by atoms with E-state index in [1.54, 1.807) is 0 Å². The number of nitrogens with zero attached hydrogens (tertiary/aromatic N) is 2. The van der Waals surface area contributed by atoms with E-state index in [1.165, 1.54) is 103 Å². The lowest BCUT2D eigenvalue weighted by Crippen LogP contribution is -2.57. The van der Waals surface area contributed by atoms with Gasteiger partial charge in [-0.15, -0.1) is 0 Å². The van der Waals surface area contributed by atoms with E-state index in [0.717, 1.165) is 0 Å². The summed E-state index contributed by atoms with van der Waals surface area (Å²) in [6, 6.07) is 0. The molecule has 2 heteroatoms. The van der Waals surface area contributed by atoms with E-state index in [1.807, 2.05) is 0 Å². The third-order valence-electron chi connectivity index (χ3n) is 5.78. The Morgan fingerprint density at radius 2 is 1.23 bits per heavy atom. The van der Waals surface area contributed by atoms with Crippen LogP contribution in [-0.2, 0) is 0 Å². The summed E-state index contributed by atoms with van der Waals surface area (Å²) < 4.78 is 0. The lowest BCUT2D eigenvalue weighted by Gasteiger charge is -2.46. The molecule has 2 aliphatic heterocycles.